The number of hydrogen-bond acceptors (Lipinski definition) is 25. The molecule has 0 saturated carbocycles. The fourth-order valence-corrected chi connectivity index (χ4v) is 6.54. The van der Waals surface area contributed by atoms with Gasteiger partial charge in [0.25, 0.3) is 11.6 Å². The molecular weight excluding hydrogens is 899 g/mol. The molecule has 4 rings (SSSR count). The zero-order valence-electron chi connectivity index (χ0n) is 38.1. The molecule has 0 spiro atoms. The van der Waals surface area contributed by atoms with Crippen LogP contribution < -0.4 is 11.5 Å². The van der Waals surface area contributed by atoms with Crippen LogP contribution in [0, 0.1) is 0 Å². The van der Waals surface area contributed by atoms with Gasteiger partial charge in [-0.2, -0.15) is 0 Å². The number of carbonyl (C=O) groups is 4. The minimum absolute atomic E-state index is 0.0652. The van der Waals surface area contributed by atoms with Gasteiger partial charge in [0.05, 0.1) is 62.4 Å². The summed E-state index contributed by atoms with van der Waals surface area (Å²) in [6.45, 7) is 11.5. The monoisotopic (exact) mass is 955 g/mol. The molecular formula is C38H56N10O17P+. The maximum Gasteiger partial charge on any atom is 0.704 e. The Morgan fingerprint density at radius 3 is 1.12 bits per heavy atom. The highest BCUT2D eigenvalue weighted by molar-refractivity contribution is 7.33. The van der Waals surface area contributed by atoms with Gasteiger partial charge in [-0.3, -0.25) is 0 Å². The number of aromatic nitrogens is 8. The van der Waals surface area contributed by atoms with E-state index in [-0.39, 0.29) is 35.8 Å². The van der Waals surface area contributed by atoms with Gasteiger partial charge >= 0.3 is 32.9 Å². The van der Waals surface area contributed by atoms with Crippen molar-refractivity contribution >= 4 is 66.8 Å². The van der Waals surface area contributed by atoms with Crippen molar-refractivity contribution in [2.45, 2.75) is 131 Å². The lowest BCUT2D eigenvalue weighted by Gasteiger charge is -2.32. The third-order valence-corrected chi connectivity index (χ3v) is 9.01. The highest BCUT2D eigenvalue weighted by Crippen LogP contribution is 2.40. The topological polar surface area (TPSA) is 335 Å². The average molecular weight is 956 g/mol. The Morgan fingerprint density at radius 1 is 0.530 bits per heavy atom. The van der Waals surface area contributed by atoms with E-state index < -0.39 is 108 Å². The number of fused-ring (bicyclic) bond motifs is 2. The van der Waals surface area contributed by atoms with Crippen LogP contribution in [0.3, 0.4) is 0 Å². The number of hydrogen-bond donors (Lipinski definition) is 2. The fourth-order valence-electron chi connectivity index (χ4n) is 5.67. The van der Waals surface area contributed by atoms with Crippen LogP contribution >= 0.6 is 8.25 Å². The van der Waals surface area contributed by atoms with E-state index in [1.807, 2.05) is 0 Å². The van der Waals surface area contributed by atoms with Crippen LogP contribution in [-0.4, -0.2) is 138 Å². The van der Waals surface area contributed by atoms with Gasteiger partial charge in [-0.1, -0.05) is 9.05 Å². The summed E-state index contributed by atoms with van der Waals surface area (Å²) in [5, 5.41) is 0. The molecule has 4 aromatic rings. The van der Waals surface area contributed by atoms with Gasteiger partial charge in [0, 0.05) is 4.57 Å². The molecule has 28 heteroatoms. The summed E-state index contributed by atoms with van der Waals surface area (Å²) in [4.78, 5) is 76.2. The van der Waals surface area contributed by atoms with Crippen molar-refractivity contribution in [1.29, 1.82) is 0 Å². The number of nitrogens with zero attached hydrogens (tertiary/aromatic N) is 8. The first kappa shape index (κ1) is 52.3. The molecule has 0 aliphatic heterocycles. The largest absolute Gasteiger partial charge is 0.704 e. The summed E-state index contributed by atoms with van der Waals surface area (Å²) in [7, 11) is -3.71. The second-order valence-electron chi connectivity index (χ2n) is 15.6. The van der Waals surface area contributed by atoms with Gasteiger partial charge in [0.1, 0.15) is 23.7 Å². The van der Waals surface area contributed by atoms with Gasteiger partial charge < -0.3 is 68.0 Å². The second-order valence-corrected chi connectivity index (χ2v) is 16.4. The van der Waals surface area contributed by atoms with Crippen LogP contribution in [0.2, 0.25) is 0 Å². The van der Waals surface area contributed by atoms with E-state index in [4.69, 9.17) is 67.9 Å². The first-order chi connectivity index (χ1) is 31.1. The van der Waals surface area contributed by atoms with Crippen molar-refractivity contribution in [3.8, 4) is 0 Å². The lowest BCUT2D eigenvalue weighted by Crippen LogP contribution is -2.50. The maximum atomic E-state index is 14.6. The van der Waals surface area contributed by atoms with Crippen LogP contribution in [0.1, 0.15) is 69.2 Å². The highest BCUT2D eigenvalue weighted by atomic mass is 31.1. The summed E-state index contributed by atoms with van der Waals surface area (Å²) in [6.07, 6.45) is -4.25. The molecule has 4 N–H and O–H groups in total. The summed E-state index contributed by atoms with van der Waals surface area (Å²) >= 11 is 0. The standard InChI is InChI=1S/C38H56N10O17P/c1-21(2)58-33(49)54-13-37(14-55-34(50)59-22(3)4,62-25(9)11-47-19-45-27-29(39)41-17-43-31(27)47)64-66(53)65-38(15-56-35(51)60-23(5)6,16-57-36(52)61-24(7)8)63-26(10)12-48-20-46-28-30(40)42-18-44-32(28)48/h17-26H,11-16H2,1-10H3,(H2,39,41,43)(H2,40,42,44)/q+1/t25-,26-/m1/s1. The van der Waals surface area contributed by atoms with E-state index in [0.29, 0.717) is 11.3 Å². The molecule has 2 atom stereocenters. The van der Waals surface area contributed by atoms with E-state index >= 15 is 0 Å². The lowest BCUT2D eigenvalue weighted by atomic mass is 10.3. The Hall–Kier alpha value is -6.28. The van der Waals surface area contributed by atoms with E-state index in [9.17, 15) is 23.7 Å². The minimum Gasteiger partial charge on any atom is -0.432 e. The first-order valence-electron chi connectivity index (χ1n) is 20.5. The van der Waals surface area contributed by atoms with Crippen molar-refractivity contribution in [1.82, 2.24) is 39.0 Å². The van der Waals surface area contributed by atoms with Gasteiger partial charge in [0.15, 0.2) is 49.4 Å². The van der Waals surface area contributed by atoms with Crippen molar-refractivity contribution in [2.24, 2.45) is 0 Å². The Bertz CT molecular complexity index is 2070. The zero-order valence-corrected chi connectivity index (χ0v) is 39.0. The van der Waals surface area contributed by atoms with Crippen LogP contribution in [0.5, 0.6) is 0 Å². The van der Waals surface area contributed by atoms with Crippen molar-refractivity contribution < 1.29 is 80.2 Å². The Balaban J connectivity index is 1.77. The Morgan fingerprint density at radius 2 is 0.833 bits per heavy atom. The molecule has 27 nitrogen and oxygen atoms in total. The molecule has 0 aromatic carbocycles. The van der Waals surface area contributed by atoms with Crippen LogP contribution in [0.25, 0.3) is 22.3 Å². The van der Waals surface area contributed by atoms with Gasteiger partial charge in [0.2, 0.25) is 0 Å². The molecule has 4 heterocycles. The number of anilines is 2. The van der Waals surface area contributed by atoms with E-state index in [1.165, 1.54) is 39.2 Å². The number of nitrogen functional groups attached to an aromatic ring is 2. The molecule has 0 aliphatic carbocycles. The second kappa shape index (κ2) is 23.8. The molecule has 0 unspecified atom stereocenters. The van der Waals surface area contributed by atoms with Crippen molar-refractivity contribution in [2.75, 3.05) is 37.9 Å². The number of ether oxygens (including phenoxy) is 10. The number of rotatable bonds is 24. The number of carbonyl (C=O) groups excluding carboxylic acids is 4. The predicted molar refractivity (Wildman–Crippen MR) is 226 cm³/mol. The normalized spacial score (nSPS) is 12.9. The maximum absolute atomic E-state index is 14.6. The highest BCUT2D eigenvalue weighted by Gasteiger charge is 2.54. The number of imidazole rings is 2. The zero-order chi connectivity index (χ0) is 48.8. The summed E-state index contributed by atoms with van der Waals surface area (Å²) in [5.41, 5.74) is 13.2. The molecule has 0 fully saturated rings. The van der Waals surface area contributed by atoms with Crippen LogP contribution in [0.4, 0.5) is 30.8 Å². The third kappa shape index (κ3) is 16.0. The van der Waals surface area contributed by atoms with E-state index in [2.05, 4.69) is 29.9 Å². The van der Waals surface area contributed by atoms with E-state index in [0.717, 1.165) is 0 Å². The Kier molecular flexibility index (Phi) is 18.9. The van der Waals surface area contributed by atoms with Gasteiger partial charge in [-0.25, -0.2) is 49.1 Å². The first-order valence-corrected chi connectivity index (χ1v) is 21.5. The Labute approximate surface area is 379 Å². The fraction of sp³-hybridized carbons (Fsp3) is 0.632. The average Bonchev–Trinajstić information content (AvgIpc) is 3.81. The minimum atomic E-state index is -3.71. The molecule has 0 amide bonds. The lowest BCUT2D eigenvalue weighted by molar-refractivity contribution is -0.273. The van der Waals surface area contributed by atoms with Crippen molar-refractivity contribution in [3.05, 3.63) is 25.3 Å². The molecule has 0 radical (unpaired) electrons. The summed E-state index contributed by atoms with van der Waals surface area (Å²) in [6, 6.07) is 0. The molecule has 0 aliphatic rings. The molecule has 4 aromatic heterocycles. The molecule has 364 valence electrons. The van der Waals surface area contributed by atoms with Crippen LogP contribution in [0.15, 0.2) is 25.3 Å². The molecule has 0 saturated heterocycles. The van der Waals surface area contributed by atoms with Gasteiger partial charge in [-0.05, 0) is 69.2 Å². The quantitative estimate of drug-likeness (QED) is 0.0405. The number of nitrogens with two attached hydrogens (primary N) is 2. The SMILES string of the molecule is CC(C)OC(=O)OCC(COC(=O)OC(C)C)(O[C@H](C)Cn1cnc2c(N)ncnc21)O[P+](=O)OC(COC(=O)OC(C)C)(COC(=O)OC(C)C)O[C@H](C)Cn1cnc2c(N)ncnc21. The third-order valence-electron chi connectivity index (χ3n) is 8.05. The van der Waals surface area contributed by atoms with Crippen LogP contribution in [-0.2, 0) is 74.1 Å². The van der Waals surface area contributed by atoms with Crippen molar-refractivity contribution in [3.63, 3.8) is 0 Å². The summed E-state index contributed by atoms with van der Waals surface area (Å²) < 4.78 is 84.2. The smallest absolute Gasteiger partial charge is 0.432 e. The van der Waals surface area contributed by atoms with Gasteiger partial charge in [-0.15, -0.1) is 0 Å². The predicted octanol–water partition coefficient (Wildman–Crippen LogP) is 4.97. The molecule has 66 heavy (non-hydrogen) atoms. The van der Waals surface area contributed by atoms with E-state index in [1.54, 1.807) is 64.5 Å². The summed E-state index contributed by atoms with van der Waals surface area (Å²) in [5.74, 6) is -4.86. The molecule has 0 bridgehead atoms.